The van der Waals surface area contributed by atoms with Gasteiger partial charge in [-0.15, -0.1) is 0 Å². The molecule has 0 rings (SSSR count). The van der Waals surface area contributed by atoms with Crippen molar-refractivity contribution in [3.63, 3.8) is 0 Å². The topological polar surface area (TPSA) is 133 Å². The van der Waals surface area contributed by atoms with Crippen molar-refractivity contribution in [1.82, 2.24) is 5.32 Å². The Labute approximate surface area is 71.1 Å². The number of nitrogens with two attached hydrogens (primary N) is 1. The zero-order valence-corrected chi connectivity index (χ0v) is 7.29. The Morgan fingerprint density at radius 3 is 1.58 bits per heavy atom. The Hall–Kier alpha value is -0.250. The number of nitrogens with one attached hydrogen (secondary N) is 1. The molecule has 8 heteroatoms. The van der Waals surface area contributed by atoms with Gasteiger partial charge < -0.3 is 15.5 Å². The maximum absolute atomic E-state index is 8.97. The molecule has 0 saturated carbocycles. The number of rotatable bonds is 4. The van der Waals surface area contributed by atoms with E-state index in [1.165, 1.54) is 0 Å². The predicted molar refractivity (Wildman–Crippen MR) is 42.8 cm³/mol. The molecule has 0 fully saturated rings. The van der Waals surface area contributed by atoms with Crippen molar-refractivity contribution in [2.75, 3.05) is 26.3 Å². The van der Waals surface area contributed by atoms with Crippen molar-refractivity contribution in [3.05, 3.63) is 0 Å². The molecule has 0 aliphatic rings. The quantitative estimate of drug-likeness (QED) is 0.249. The van der Waals surface area contributed by atoms with E-state index in [9.17, 15) is 0 Å². The Kier molecular flexibility index (Phi) is 10.5. The van der Waals surface area contributed by atoms with Crippen LogP contribution in [0, 0.1) is 0 Å². The number of hydrogen-bond donors (Lipinski definition) is 5. The lowest BCUT2D eigenvalue weighted by Gasteiger charge is -1.94. The second-order valence-electron chi connectivity index (χ2n) is 1.71. The first-order chi connectivity index (χ1) is 5.41. The van der Waals surface area contributed by atoms with Gasteiger partial charge in [-0.1, -0.05) is 0 Å². The van der Waals surface area contributed by atoms with Gasteiger partial charge in [-0.2, -0.15) is 8.42 Å². The first kappa shape index (κ1) is 14.3. The van der Waals surface area contributed by atoms with E-state index in [0.29, 0.717) is 13.1 Å². The molecule has 12 heavy (non-hydrogen) atoms. The van der Waals surface area contributed by atoms with Gasteiger partial charge in [-0.25, -0.2) is 5.14 Å². The summed E-state index contributed by atoms with van der Waals surface area (Å²) in [6.45, 7) is 1.42. The van der Waals surface area contributed by atoms with Crippen LogP contribution < -0.4 is 10.5 Å². The lowest BCUT2D eigenvalue weighted by Crippen LogP contribution is -2.21. The second kappa shape index (κ2) is 8.84. The number of aliphatic hydroxyl groups excluding tert-OH is 2. The summed E-state index contributed by atoms with van der Waals surface area (Å²) in [6.07, 6.45) is 0. The number of hydrogen-bond acceptors (Lipinski definition) is 5. The molecule has 0 heterocycles. The van der Waals surface area contributed by atoms with Crippen molar-refractivity contribution in [3.8, 4) is 0 Å². The second-order valence-corrected chi connectivity index (χ2v) is 2.74. The third kappa shape index (κ3) is 53.1. The molecule has 0 radical (unpaired) electrons. The Morgan fingerprint density at radius 2 is 1.42 bits per heavy atom. The molecule has 0 aromatic rings. The van der Waals surface area contributed by atoms with Crippen molar-refractivity contribution < 1.29 is 23.2 Å². The molecule has 0 bridgehead atoms. The molecule has 0 atom stereocenters. The fraction of sp³-hybridized carbons (Fsp3) is 1.00. The summed E-state index contributed by atoms with van der Waals surface area (Å²) >= 11 is 0. The van der Waals surface area contributed by atoms with Gasteiger partial charge in [0.2, 0.25) is 0 Å². The first-order valence-corrected chi connectivity index (χ1v) is 4.59. The third-order valence-electron chi connectivity index (χ3n) is 0.577. The molecule has 0 unspecified atom stereocenters. The van der Waals surface area contributed by atoms with Crippen LogP contribution in [0.15, 0.2) is 0 Å². The van der Waals surface area contributed by atoms with E-state index in [1.807, 2.05) is 0 Å². The van der Waals surface area contributed by atoms with Crippen LogP contribution in [-0.4, -0.2) is 49.5 Å². The molecule has 7 nitrogen and oxygen atoms in total. The van der Waals surface area contributed by atoms with Gasteiger partial charge in [0.15, 0.2) is 0 Å². The molecule has 0 aromatic carbocycles. The van der Waals surface area contributed by atoms with Crippen LogP contribution in [0.4, 0.5) is 0 Å². The maximum atomic E-state index is 8.97. The monoisotopic (exact) mass is 202 g/mol. The van der Waals surface area contributed by atoms with Crippen LogP contribution in [0.1, 0.15) is 0 Å². The highest BCUT2D eigenvalue weighted by Gasteiger charge is 1.81. The Morgan fingerprint density at radius 1 is 1.17 bits per heavy atom. The van der Waals surface area contributed by atoms with Gasteiger partial charge in [-0.3, -0.25) is 4.55 Å². The minimum atomic E-state index is -4.17. The van der Waals surface area contributed by atoms with Crippen LogP contribution in [-0.2, 0) is 10.3 Å². The smallest absolute Gasteiger partial charge is 0.330 e. The highest BCUT2D eigenvalue weighted by Crippen LogP contribution is 1.54. The van der Waals surface area contributed by atoms with Crippen LogP contribution >= 0.6 is 0 Å². The largest absolute Gasteiger partial charge is 0.395 e. The zero-order chi connectivity index (χ0) is 10.0. The van der Waals surface area contributed by atoms with Gasteiger partial charge >= 0.3 is 10.3 Å². The van der Waals surface area contributed by atoms with Gasteiger partial charge in [0.25, 0.3) is 0 Å². The maximum Gasteiger partial charge on any atom is 0.330 e. The lowest BCUT2D eigenvalue weighted by atomic mass is 10.6. The summed E-state index contributed by atoms with van der Waals surface area (Å²) in [5.41, 5.74) is 0. The van der Waals surface area contributed by atoms with Crippen LogP contribution in [0.3, 0.4) is 0 Å². The van der Waals surface area contributed by atoms with E-state index in [1.54, 1.807) is 0 Å². The molecule has 0 aliphatic carbocycles. The lowest BCUT2D eigenvalue weighted by molar-refractivity contribution is 0.266. The molecule has 0 saturated heterocycles. The normalized spacial score (nSPS) is 10.3. The fourth-order valence-electron chi connectivity index (χ4n) is 0.283. The summed E-state index contributed by atoms with van der Waals surface area (Å²) in [6, 6.07) is 0. The number of aliphatic hydroxyl groups is 2. The molecule has 0 aliphatic heterocycles. The van der Waals surface area contributed by atoms with Gasteiger partial charge in [0.05, 0.1) is 13.2 Å². The van der Waals surface area contributed by atoms with E-state index in [-0.39, 0.29) is 13.2 Å². The van der Waals surface area contributed by atoms with Crippen molar-refractivity contribution in [2.24, 2.45) is 5.14 Å². The third-order valence-corrected chi connectivity index (χ3v) is 0.577. The molecule has 6 N–H and O–H groups in total. The first-order valence-electron chi connectivity index (χ1n) is 3.09. The zero-order valence-electron chi connectivity index (χ0n) is 6.47. The van der Waals surface area contributed by atoms with E-state index >= 15 is 0 Å². The molecule has 0 aromatic heterocycles. The average Bonchev–Trinajstić information content (AvgIpc) is 1.85. The van der Waals surface area contributed by atoms with Gasteiger partial charge in [0, 0.05) is 13.1 Å². The molecule has 0 spiro atoms. The fourth-order valence-corrected chi connectivity index (χ4v) is 0.283. The molecule has 76 valence electrons. The average molecular weight is 202 g/mol. The van der Waals surface area contributed by atoms with Gasteiger partial charge in [0.1, 0.15) is 0 Å². The van der Waals surface area contributed by atoms with Crippen LogP contribution in [0.25, 0.3) is 0 Å². The standard InChI is InChI=1S/C4H11NO2.H3NO3S/c6-3-1-5-2-4-7;1-5(2,3)4/h5-7H,1-4H2;(H3,1,2,3,4). The summed E-state index contributed by atoms with van der Waals surface area (Å²) in [4.78, 5) is 0. The van der Waals surface area contributed by atoms with Crippen LogP contribution in [0.5, 0.6) is 0 Å². The predicted octanol–water partition coefficient (Wildman–Crippen LogP) is -2.69. The summed E-state index contributed by atoms with van der Waals surface area (Å²) in [5.74, 6) is 0. The van der Waals surface area contributed by atoms with Crippen LogP contribution in [0.2, 0.25) is 0 Å². The van der Waals surface area contributed by atoms with Crippen molar-refractivity contribution in [2.45, 2.75) is 0 Å². The van der Waals surface area contributed by atoms with Crippen molar-refractivity contribution >= 4 is 10.3 Å². The minimum absolute atomic E-state index is 0.139. The van der Waals surface area contributed by atoms with E-state index in [2.05, 4.69) is 10.5 Å². The summed E-state index contributed by atoms with van der Waals surface area (Å²) in [7, 11) is -4.17. The minimum Gasteiger partial charge on any atom is -0.395 e. The van der Waals surface area contributed by atoms with E-state index in [4.69, 9.17) is 23.2 Å². The summed E-state index contributed by atoms with van der Waals surface area (Å²) in [5, 5.41) is 23.0. The molecule has 0 amide bonds. The highest BCUT2D eigenvalue weighted by molar-refractivity contribution is 7.83. The summed E-state index contributed by atoms with van der Waals surface area (Å²) < 4.78 is 25.2. The molecular weight excluding hydrogens is 188 g/mol. The Bertz CT molecular complexity index is 156. The SMILES string of the molecule is NS(=O)(=O)O.OCCNCCO. The Balaban J connectivity index is 0. The van der Waals surface area contributed by atoms with E-state index in [0.717, 1.165) is 0 Å². The van der Waals surface area contributed by atoms with Crippen molar-refractivity contribution in [1.29, 1.82) is 0 Å². The van der Waals surface area contributed by atoms with E-state index < -0.39 is 10.3 Å². The van der Waals surface area contributed by atoms with Gasteiger partial charge in [-0.05, 0) is 0 Å². The molecular formula is C4H14N2O5S. The highest BCUT2D eigenvalue weighted by atomic mass is 32.2.